The van der Waals surface area contributed by atoms with E-state index in [9.17, 15) is 0 Å². The summed E-state index contributed by atoms with van der Waals surface area (Å²) in [6.07, 6.45) is 1.68. The third-order valence-corrected chi connectivity index (χ3v) is 3.48. The van der Waals surface area contributed by atoms with E-state index in [0.717, 1.165) is 41.4 Å². The summed E-state index contributed by atoms with van der Waals surface area (Å²) in [5.41, 5.74) is 8.51. The summed E-state index contributed by atoms with van der Waals surface area (Å²) in [6.45, 7) is 2.63. The standard InChI is InChI=1S/C16H18N4O/c1-12-14(17)9-10-16-19-18-15(20(12)16)8-5-11-21-13-6-3-2-4-7-13/h2-4,6-7,9-10H,5,8,11,17H2,1H3. The highest BCUT2D eigenvalue weighted by Crippen LogP contribution is 2.16. The SMILES string of the molecule is Cc1c(N)ccc2nnc(CCCOc3ccccc3)n12. The highest BCUT2D eigenvalue weighted by atomic mass is 16.5. The van der Waals surface area contributed by atoms with Crippen molar-refractivity contribution in [1.29, 1.82) is 0 Å². The molecule has 5 heteroatoms. The molecule has 3 aromatic rings. The molecule has 0 amide bonds. The lowest BCUT2D eigenvalue weighted by Crippen LogP contribution is -2.05. The summed E-state index contributed by atoms with van der Waals surface area (Å²) < 4.78 is 7.70. The predicted molar refractivity (Wildman–Crippen MR) is 82.4 cm³/mol. The van der Waals surface area contributed by atoms with Crippen molar-refractivity contribution in [3.8, 4) is 5.75 Å². The van der Waals surface area contributed by atoms with Crippen LogP contribution in [0.15, 0.2) is 42.5 Å². The van der Waals surface area contributed by atoms with Crippen LogP contribution in [-0.4, -0.2) is 21.2 Å². The Morgan fingerprint density at radius 1 is 1.10 bits per heavy atom. The molecule has 0 radical (unpaired) electrons. The van der Waals surface area contributed by atoms with Crippen LogP contribution in [0.5, 0.6) is 5.75 Å². The molecule has 2 heterocycles. The Labute approximate surface area is 123 Å². The molecule has 0 bridgehead atoms. The fourth-order valence-corrected chi connectivity index (χ4v) is 2.32. The molecule has 0 unspecified atom stereocenters. The van der Waals surface area contributed by atoms with Crippen LogP contribution in [0.3, 0.4) is 0 Å². The first-order valence-corrected chi connectivity index (χ1v) is 7.02. The van der Waals surface area contributed by atoms with Gasteiger partial charge in [0.05, 0.1) is 12.3 Å². The number of aromatic nitrogens is 3. The Balaban J connectivity index is 1.65. The van der Waals surface area contributed by atoms with Gasteiger partial charge in [-0.15, -0.1) is 10.2 Å². The minimum Gasteiger partial charge on any atom is -0.494 e. The van der Waals surface area contributed by atoms with Gasteiger partial charge < -0.3 is 10.5 Å². The van der Waals surface area contributed by atoms with Gasteiger partial charge in [0.15, 0.2) is 5.65 Å². The number of para-hydroxylation sites is 1. The lowest BCUT2D eigenvalue weighted by Gasteiger charge is -2.07. The van der Waals surface area contributed by atoms with E-state index in [-0.39, 0.29) is 0 Å². The fraction of sp³-hybridized carbons (Fsp3) is 0.250. The summed E-state index contributed by atoms with van der Waals surface area (Å²) >= 11 is 0. The van der Waals surface area contributed by atoms with Crippen LogP contribution in [0, 0.1) is 6.92 Å². The number of nitrogen functional groups attached to an aromatic ring is 1. The molecule has 3 rings (SSSR count). The Hall–Kier alpha value is -2.56. The molecule has 0 spiro atoms. The second-order valence-corrected chi connectivity index (χ2v) is 4.95. The summed E-state index contributed by atoms with van der Waals surface area (Å²) in [6, 6.07) is 13.6. The number of anilines is 1. The van der Waals surface area contributed by atoms with E-state index in [0.29, 0.717) is 6.61 Å². The first-order valence-electron chi connectivity index (χ1n) is 7.02. The zero-order valence-electron chi connectivity index (χ0n) is 12.0. The number of aryl methyl sites for hydroxylation is 2. The molecule has 0 aliphatic carbocycles. The van der Waals surface area contributed by atoms with Crippen molar-refractivity contribution in [1.82, 2.24) is 14.6 Å². The zero-order valence-corrected chi connectivity index (χ0v) is 12.0. The lowest BCUT2D eigenvalue weighted by molar-refractivity contribution is 0.309. The average Bonchev–Trinajstić information content (AvgIpc) is 2.92. The monoisotopic (exact) mass is 282 g/mol. The molecule has 1 aromatic carbocycles. The smallest absolute Gasteiger partial charge is 0.161 e. The molecule has 2 N–H and O–H groups in total. The largest absolute Gasteiger partial charge is 0.494 e. The maximum Gasteiger partial charge on any atom is 0.161 e. The number of nitrogens with zero attached hydrogens (tertiary/aromatic N) is 3. The van der Waals surface area contributed by atoms with E-state index in [2.05, 4.69) is 10.2 Å². The van der Waals surface area contributed by atoms with E-state index < -0.39 is 0 Å². The minimum absolute atomic E-state index is 0.653. The van der Waals surface area contributed by atoms with E-state index in [1.807, 2.05) is 53.8 Å². The topological polar surface area (TPSA) is 65.4 Å². The van der Waals surface area contributed by atoms with E-state index in [1.54, 1.807) is 0 Å². The van der Waals surface area contributed by atoms with E-state index in [4.69, 9.17) is 10.5 Å². The average molecular weight is 282 g/mol. The number of benzene rings is 1. The normalized spacial score (nSPS) is 10.9. The number of nitrogens with two attached hydrogens (primary N) is 1. The van der Waals surface area contributed by atoms with Crippen molar-refractivity contribution < 1.29 is 4.74 Å². The lowest BCUT2D eigenvalue weighted by atomic mass is 10.2. The first kappa shape index (κ1) is 13.4. The molecule has 0 aliphatic rings. The summed E-state index contributed by atoms with van der Waals surface area (Å²) in [5.74, 6) is 1.82. The third-order valence-electron chi connectivity index (χ3n) is 3.48. The van der Waals surface area contributed by atoms with Crippen molar-refractivity contribution in [2.45, 2.75) is 19.8 Å². The minimum atomic E-state index is 0.653. The molecule has 0 fully saturated rings. The highest BCUT2D eigenvalue weighted by Gasteiger charge is 2.09. The van der Waals surface area contributed by atoms with Crippen molar-refractivity contribution in [3.63, 3.8) is 0 Å². The Morgan fingerprint density at radius 2 is 1.90 bits per heavy atom. The highest BCUT2D eigenvalue weighted by molar-refractivity contribution is 5.52. The van der Waals surface area contributed by atoms with Gasteiger partial charge in [0, 0.05) is 12.1 Å². The zero-order chi connectivity index (χ0) is 14.7. The Morgan fingerprint density at radius 3 is 2.71 bits per heavy atom. The van der Waals surface area contributed by atoms with Crippen LogP contribution < -0.4 is 10.5 Å². The van der Waals surface area contributed by atoms with Crippen LogP contribution in [0.1, 0.15) is 17.9 Å². The van der Waals surface area contributed by atoms with Gasteiger partial charge in [-0.1, -0.05) is 18.2 Å². The Kier molecular flexibility index (Phi) is 3.73. The van der Waals surface area contributed by atoms with Gasteiger partial charge in [-0.3, -0.25) is 4.40 Å². The summed E-state index contributed by atoms with van der Waals surface area (Å²) in [7, 11) is 0. The number of hydrogen-bond donors (Lipinski definition) is 1. The van der Waals surface area contributed by atoms with Gasteiger partial charge in [0.1, 0.15) is 11.6 Å². The second kappa shape index (κ2) is 5.83. The van der Waals surface area contributed by atoms with Crippen LogP contribution in [-0.2, 0) is 6.42 Å². The van der Waals surface area contributed by atoms with Gasteiger partial charge in [-0.25, -0.2) is 0 Å². The molecule has 0 aliphatic heterocycles. The van der Waals surface area contributed by atoms with Gasteiger partial charge in [0.2, 0.25) is 0 Å². The van der Waals surface area contributed by atoms with E-state index in [1.165, 1.54) is 0 Å². The molecule has 108 valence electrons. The van der Waals surface area contributed by atoms with Crippen molar-refractivity contribution >= 4 is 11.3 Å². The molecular weight excluding hydrogens is 264 g/mol. The van der Waals surface area contributed by atoms with Gasteiger partial charge >= 0.3 is 0 Å². The van der Waals surface area contributed by atoms with Crippen molar-refractivity contribution in [3.05, 3.63) is 54.0 Å². The quantitative estimate of drug-likeness (QED) is 0.731. The number of ether oxygens (including phenoxy) is 1. The molecule has 0 saturated carbocycles. The molecule has 5 nitrogen and oxygen atoms in total. The van der Waals surface area contributed by atoms with Gasteiger partial charge in [-0.05, 0) is 37.6 Å². The Bertz CT molecular complexity index is 737. The number of rotatable bonds is 5. The number of pyridine rings is 1. The summed E-state index contributed by atoms with van der Waals surface area (Å²) in [5, 5.41) is 8.42. The van der Waals surface area contributed by atoms with Crippen molar-refractivity contribution in [2.24, 2.45) is 0 Å². The molecular formula is C16H18N4O. The van der Waals surface area contributed by atoms with Crippen LogP contribution in [0.4, 0.5) is 5.69 Å². The van der Waals surface area contributed by atoms with Gasteiger partial charge in [-0.2, -0.15) is 0 Å². The van der Waals surface area contributed by atoms with E-state index >= 15 is 0 Å². The second-order valence-electron chi connectivity index (χ2n) is 4.95. The number of fused-ring (bicyclic) bond motifs is 1. The van der Waals surface area contributed by atoms with Crippen LogP contribution in [0.25, 0.3) is 5.65 Å². The number of hydrogen-bond acceptors (Lipinski definition) is 4. The molecule has 0 atom stereocenters. The molecule has 2 aromatic heterocycles. The maximum atomic E-state index is 5.94. The predicted octanol–water partition coefficient (Wildman–Crippen LogP) is 2.63. The fourth-order valence-electron chi connectivity index (χ4n) is 2.32. The third kappa shape index (κ3) is 2.81. The van der Waals surface area contributed by atoms with Crippen LogP contribution in [0.2, 0.25) is 0 Å². The maximum absolute atomic E-state index is 5.94. The van der Waals surface area contributed by atoms with Gasteiger partial charge in [0.25, 0.3) is 0 Å². The van der Waals surface area contributed by atoms with Crippen LogP contribution >= 0.6 is 0 Å². The molecule has 21 heavy (non-hydrogen) atoms. The molecule has 0 saturated heterocycles. The first-order chi connectivity index (χ1) is 10.3. The summed E-state index contributed by atoms with van der Waals surface area (Å²) in [4.78, 5) is 0. The van der Waals surface area contributed by atoms with Crippen molar-refractivity contribution in [2.75, 3.05) is 12.3 Å².